The predicted molar refractivity (Wildman–Crippen MR) is 33.1 cm³/mol. The second-order valence-electron chi connectivity index (χ2n) is 1.63. The smallest absolute Gasteiger partial charge is 0.308 e. The average Bonchev–Trinajstić information content (AvgIpc) is 2.00. The summed E-state index contributed by atoms with van der Waals surface area (Å²) >= 11 is 0. The molecule has 0 aliphatic heterocycles. The van der Waals surface area contributed by atoms with Gasteiger partial charge in [-0.1, -0.05) is 0 Å². The Kier molecular flexibility index (Phi) is 3.15. The highest BCUT2D eigenvalue weighted by Crippen LogP contribution is 1.95. The van der Waals surface area contributed by atoms with E-state index in [1.165, 1.54) is 14.2 Å². The molecule has 2 atom stereocenters. The van der Waals surface area contributed by atoms with Crippen molar-refractivity contribution in [2.45, 2.75) is 19.4 Å². The lowest BCUT2D eigenvalue weighted by Crippen LogP contribution is -2.12. The van der Waals surface area contributed by atoms with Crippen molar-refractivity contribution in [1.82, 2.24) is 0 Å². The molecule has 3 nitrogen and oxygen atoms in total. The second kappa shape index (κ2) is 4.32. The van der Waals surface area contributed by atoms with Crippen LogP contribution in [0.4, 0.5) is 0 Å². The quantitative estimate of drug-likeness (QED) is 0.528. The van der Waals surface area contributed by atoms with Gasteiger partial charge in [-0.2, -0.15) is 0 Å². The molecule has 0 fully saturated rings. The normalized spacial score (nSPS) is 17.9. The first kappa shape index (κ1) is 6.55. The Morgan fingerprint density at radius 1 is 1.78 bits per heavy atom. The van der Waals surface area contributed by atoms with Gasteiger partial charge in [-0.15, -0.1) is 0 Å². The lowest BCUT2D eigenvalue weighted by Gasteiger charge is -2.05. The molecule has 0 rings (SSSR count). The molecule has 54 valence electrons. The van der Waals surface area contributed by atoms with E-state index in [4.69, 9.17) is 6.11 Å². The predicted octanol–water partition coefficient (Wildman–Crippen LogP) is 0.584. The van der Waals surface area contributed by atoms with E-state index < -0.39 is 18.5 Å². The number of esters is 1. The Morgan fingerprint density at radius 3 is 2.67 bits per heavy atom. The summed E-state index contributed by atoms with van der Waals surface area (Å²) in [4.78, 5) is 10.6. The third kappa shape index (κ3) is 3.97. The van der Waals surface area contributed by atoms with Crippen LogP contribution in [0.25, 0.3) is 0 Å². The topological polar surface area (TPSA) is 35.5 Å². The molecule has 3 heteroatoms. The van der Waals surface area contributed by atoms with Crippen LogP contribution in [0.5, 0.6) is 0 Å². The monoisotopic (exact) mass is 133 g/mol. The lowest BCUT2D eigenvalue weighted by molar-refractivity contribution is -0.143. The van der Waals surface area contributed by atoms with Crippen molar-refractivity contribution >= 4 is 5.97 Å². The van der Waals surface area contributed by atoms with Crippen molar-refractivity contribution in [3.05, 3.63) is 0 Å². The molecule has 0 radical (unpaired) electrons. The molecule has 9 heavy (non-hydrogen) atoms. The molecule has 0 aliphatic carbocycles. The van der Waals surface area contributed by atoms with Gasteiger partial charge in [0.15, 0.2) is 0 Å². The van der Waals surface area contributed by atoms with Gasteiger partial charge in [-0.3, -0.25) is 4.79 Å². The highest BCUT2D eigenvalue weighted by molar-refractivity contribution is 5.69. The third-order valence-electron chi connectivity index (χ3n) is 0.944. The van der Waals surface area contributed by atoms with Crippen LogP contribution in [0.1, 0.15) is 14.7 Å². The molecule has 0 aromatic rings. The Morgan fingerprint density at radius 2 is 2.33 bits per heavy atom. The molecule has 0 aromatic carbocycles. The minimum Gasteiger partial charge on any atom is -0.469 e. The number of carbonyl (C=O) groups is 1. The number of rotatable bonds is 3. The average molecular weight is 133 g/mol. The molecule has 0 saturated carbocycles. The summed E-state index contributed by atoms with van der Waals surface area (Å²) in [5.41, 5.74) is 0. The van der Waals surface area contributed by atoms with E-state index in [9.17, 15) is 4.79 Å². The number of carbonyl (C=O) groups excluding carboxylic acids is 1. The van der Waals surface area contributed by atoms with Crippen LogP contribution in [-0.2, 0) is 14.3 Å². The van der Waals surface area contributed by atoms with E-state index in [1.54, 1.807) is 6.92 Å². The highest BCUT2D eigenvalue weighted by Gasteiger charge is 2.06. The zero-order valence-corrected chi connectivity index (χ0v) is 5.88. The first-order chi connectivity index (χ1) is 4.63. The maximum Gasteiger partial charge on any atom is 0.308 e. The van der Waals surface area contributed by atoms with Gasteiger partial charge in [-0.25, -0.2) is 0 Å². The molecule has 0 saturated heterocycles. The van der Waals surface area contributed by atoms with E-state index in [2.05, 4.69) is 4.74 Å². The van der Waals surface area contributed by atoms with Gasteiger partial charge >= 0.3 is 5.97 Å². The first-order valence-electron chi connectivity index (χ1n) is 3.24. The van der Waals surface area contributed by atoms with E-state index >= 15 is 0 Å². The van der Waals surface area contributed by atoms with Crippen molar-refractivity contribution in [2.75, 3.05) is 14.2 Å². The zero-order chi connectivity index (χ0) is 8.15. The van der Waals surface area contributed by atoms with Crippen molar-refractivity contribution in [3.63, 3.8) is 0 Å². The van der Waals surface area contributed by atoms with Crippen LogP contribution in [0.2, 0.25) is 0 Å². The minimum absolute atomic E-state index is 0.410. The minimum atomic E-state index is -0.935. The molecule has 0 bridgehead atoms. The van der Waals surface area contributed by atoms with Gasteiger partial charge < -0.3 is 9.47 Å². The highest BCUT2D eigenvalue weighted by atomic mass is 16.5. The maximum absolute atomic E-state index is 10.6. The standard InChI is InChI=1S/C6H12O3/c1-5(8-2)4-6(7)9-3/h5H,4H2,1-3H3/t5-/m1/s1/i4D/t4-,5-. The summed E-state index contributed by atoms with van der Waals surface area (Å²) in [6.07, 6.45) is -1.34. The first-order valence-corrected chi connectivity index (χ1v) is 2.66. The Labute approximate surface area is 56.4 Å². The van der Waals surface area contributed by atoms with Crippen LogP contribution in [0, 0.1) is 0 Å². The van der Waals surface area contributed by atoms with Crippen molar-refractivity contribution in [1.29, 1.82) is 0 Å². The SMILES string of the molecule is [2H][C@@H](C(=O)OC)[C@@H](C)OC. The fourth-order valence-electron chi connectivity index (χ4n) is 0.328. The van der Waals surface area contributed by atoms with Crippen LogP contribution >= 0.6 is 0 Å². The van der Waals surface area contributed by atoms with Gasteiger partial charge in [-0.05, 0) is 6.92 Å². The molecule has 0 heterocycles. The second-order valence-corrected chi connectivity index (χ2v) is 1.63. The van der Waals surface area contributed by atoms with E-state index in [1.807, 2.05) is 0 Å². The van der Waals surface area contributed by atoms with Gasteiger partial charge in [0, 0.05) is 8.48 Å². The fraction of sp³-hybridized carbons (Fsp3) is 0.833. The molecular weight excluding hydrogens is 120 g/mol. The van der Waals surface area contributed by atoms with Crippen LogP contribution in [-0.4, -0.2) is 26.3 Å². The van der Waals surface area contributed by atoms with Crippen LogP contribution in [0.15, 0.2) is 0 Å². The van der Waals surface area contributed by atoms with Gasteiger partial charge in [0.2, 0.25) is 0 Å². The Balaban J connectivity index is 3.81. The number of ether oxygens (including phenoxy) is 2. The Hall–Kier alpha value is -0.570. The summed E-state index contributed by atoms with van der Waals surface area (Å²) in [6, 6.07) is 0. The number of hydrogen-bond donors (Lipinski definition) is 0. The van der Waals surface area contributed by atoms with Crippen LogP contribution < -0.4 is 0 Å². The number of methoxy groups -OCH3 is 2. The number of hydrogen-bond acceptors (Lipinski definition) is 3. The van der Waals surface area contributed by atoms with E-state index in [-0.39, 0.29) is 0 Å². The fourth-order valence-corrected chi connectivity index (χ4v) is 0.328. The van der Waals surface area contributed by atoms with E-state index in [0.717, 1.165) is 0 Å². The molecule has 0 aromatic heterocycles. The summed E-state index contributed by atoms with van der Waals surface area (Å²) in [7, 11) is 2.71. The maximum atomic E-state index is 10.6. The zero-order valence-electron chi connectivity index (χ0n) is 6.88. The van der Waals surface area contributed by atoms with E-state index in [0.29, 0.717) is 0 Å². The van der Waals surface area contributed by atoms with Crippen molar-refractivity contribution < 1.29 is 15.6 Å². The summed E-state index contributed by atoms with van der Waals surface area (Å²) in [6.45, 7) is 1.65. The molecule has 0 N–H and O–H groups in total. The molecule has 0 spiro atoms. The summed E-state index contributed by atoms with van der Waals surface area (Å²) in [5, 5.41) is 0. The molecule has 0 amide bonds. The largest absolute Gasteiger partial charge is 0.469 e. The molecule has 0 unspecified atom stereocenters. The van der Waals surface area contributed by atoms with Gasteiger partial charge in [0.05, 0.1) is 19.6 Å². The van der Waals surface area contributed by atoms with Crippen molar-refractivity contribution in [3.8, 4) is 0 Å². The summed E-state index contributed by atoms with van der Waals surface area (Å²) in [5.74, 6) is -0.561. The third-order valence-corrected chi connectivity index (χ3v) is 0.944. The van der Waals surface area contributed by atoms with Crippen LogP contribution in [0.3, 0.4) is 0 Å². The molecular formula is C6H12O3. The lowest BCUT2D eigenvalue weighted by atomic mass is 10.3. The van der Waals surface area contributed by atoms with Crippen molar-refractivity contribution in [2.24, 2.45) is 0 Å². The van der Waals surface area contributed by atoms with Gasteiger partial charge in [0.25, 0.3) is 0 Å². The summed E-state index contributed by atoms with van der Waals surface area (Å²) < 4.78 is 16.3. The Bertz CT molecular complexity index is 116. The van der Waals surface area contributed by atoms with Gasteiger partial charge in [0.1, 0.15) is 0 Å². The molecule has 0 aliphatic rings.